The minimum absolute atomic E-state index is 0.121. The van der Waals surface area contributed by atoms with Crippen molar-refractivity contribution in [3.63, 3.8) is 0 Å². The normalized spacial score (nSPS) is 13.2. The van der Waals surface area contributed by atoms with E-state index in [0.29, 0.717) is 5.56 Å². The van der Waals surface area contributed by atoms with Crippen LogP contribution in [0.5, 0.6) is 0 Å². The number of nitrogens with two attached hydrogens (primary N) is 1. The molecule has 0 heterocycles. The van der Waals surface area contributed by atoms with Crippen molar-refractivity contribution in [2.75, 3.05) is 0 Å². The molecule has 2 aromatic rings. The van der Waals surface area contributed by atoms with Crippen LogP contribution in [0.1, 0.15) is 24.5 Å². The van der Waals surface area contributed by atoms with Crippen LogP contribution in [-0.2, 0) is 12.6 Å². The van der Waals surface area contributed by atoms with Crippen molar-refractivity contribution < 1.29 is 13.2 Å². The van der Waals surface area contributed by atoms with E-state index in [0.717, 1.165) is 24.5 Å². The summed E-state index contributed by atoms with van der Waals surface area (Å²) < 4.78 is 39.0. The molecule has 21 heavy (non-hydrogen) atoms. The molecule has 0 saturated carbocycles. The fourth-order valence-corrected chi connectivity index (χ4v) is 2.23. The van der Waals surface area contributed by atoms with Gasteiger partial charge in [0.15, 0.2) is 0 Å². The Balaban J connectivity index is 2.27. The second-order valence-corrected chi connectivity index (χ2v) is 5.26. The molecule has 1 unspecified atom stereocenters. The third-order valence-corrected chi connectivity index (χ3v) is 3.39. The minimum atomic E-state index is -4.34. The predicted octanol–water partition coefficient (Wildman–Crippen LogP) is 4.65. The van der Waals surface area contributed by atoms with Crippen molar-refractivity contribution in [2.24, 2.45) is 5.73 Å². The Labute approximate surface area is 122 Å². The van der Waals surface area contributed by atoms with Gasteiger partial charge in [-0.2, -0.15) is 13.2 Å². The number of benzene rings is 2. The Morgan fingerprint density at radius 1 is 1.00 bits per heavy atom. The van der Waals surface area contributed by atoms with Gasteiger partial charge in [-0.25, -0.2) is 0 Å². The zero-order chi connectivity index (χ0) is 15.5. The maximum absolute atomic E-state index is 13.0. The molecule has 2 rings (SSSR count). The monoisotopic (exact) mass is 293 g/mol. The number of hydrogen-bond donors (Lipinski definition) is 1. The highest BCUT2D eigenvalue weighted by Crippen LogP contribution is 2.36. The van der Waals surface area contributed by atoms with Gasteiger partial charge in [0, 0.05) is 6.04 Å². The molecule has 0 fully saturated rings. The van der Waals surface area contributed by atoms with Gasteiger partial charge in [0.2, 0.25) is 0 Å². The maximum Gasteiger partial charge on any atom is 0.417 e. The average Bonchev–Trinajstić information content (AvgIpc) is 2.45. The van der Waals surface area contributed by atoms with Gasteiger partial charge in [-0.3, -0.25) is 0 Å². The van der Waals surface area contributed by atoms with Crippen molar-refractivity contribution in [1.29, 1.82) is 0 Å². The van der Waals surface area contributed by atoms with Crippen molar-refractivity contribution in [1.82, 2.24) is 0 Å². The van der Waals surface area contributed by atoms with Crippen LogP contribution in [0.2, 0.25) is 0 Å². The SMILES string of the molecule is CC(N)CCc1ccc(-c2ccccc2C(F)(F)F)cc1. The first kappa shape index (κ1) is 15.6. The molecule has 1 nitrogen and oxygen atoms in total. The molecular formula is C17H18F3N. The first-order valence-corrected chi connectivity index (χ1v) is 6.89. The van der Waals surface area contributed by atoms with E-state index in [9.17, 15) is 13.2 Å². The molecule has 1 atom stereocenters. The predicted molar refractivity (Wildman–Crippen MR) is 78.9 cm³/mol. The molecule has 2 aromatic carbocycles. The van der Waals surface area contributed by atoms with Gasteiger partial charge in [-0.15, -0.1) is 0 Å². The molecule has 0 aliphatic carbocycles. The lowest BCUT2D eigenvalue weighted by atomic mass is 9.97. The standard InChI is InChI=1S/C17H18F3N/c1-12(21)6-7-13-8-10-14(11-9-13)15-4-2-3-5-16(15)17(18,19)20/h2-5,8-12H,6-7,21H2,1H3. The van der Waals surface area contributed by atoms with Crippen molar-refractivity contribution >= 4 is 0 Å². The summed E-state index contributed by atoms with van der Waals surface area (Å²) in [7, 11) is 0. The molecule has 0 radical (unpaired) electrons. The van der Waals surface area contributed by atoms with Crippen LogP contribution < -0.4 is 5.73 Å². The third kappa shape index (κ3) is 4.08. The Bertz CT molecular complexity index is 586. The third-order valence-electron chi connectivity index (χ3n) is 3.39. The van der Waals surface area contributed by atoms with E-state index in [1.807, 2.05) is 19.1 Å². The Kier molecular flexibility index (Phi) is 4.68. The van der Waals surface area contributed by atoms with Crippen molar-refractivity contribution in [2.45, 2.75) is 32.0 Å². The summed E-state index contributed by atoms with van der Waals surface area (Å²) in [6, 6.07) is 13.0. The highest BCUT2D eigenvalue weighted by Gasteiger charge is 2.33. The summed E-state index contributed by atoms with van der Waals surface area (Å²) in [4.78, 5) is 0. The highest BCUT2D eigenvalue weighted by molar-refractivity contribution is 5.68. The number of aryl methyl sites for hydroxylation is 1. The van der Waals surface area contributed by atoms with Crippen LogP contribution >= 0.6 is 0 Å². The van der Waals surface area contributed by atoms with Gasteiger partial charge in [0.1, 0.15) is 0 Å². The molecule has 0 saturated heterocycles. The molecule has 0 amide bonds. The summed E-state index contributed by atoms with van der Waals surface area (Å²) in [6.07, 6.45) is -2.65. The second-order valence-electron chi connectivity index (χ2n) is 5.26. The Morgan fingerprint density at radius 3 is 2.19 bits per heavy atom. The van der Waals surface area contributed by atoms with Crippen LogP contribution in [-0.4, -0.2) is 6.04 Å². The van der Waals surface area contributed by atoms with Gasteiger partial charge in [0.05, 0.1) is 5.56 Å². The van der Waals surface area contributed by atoms with E-state index in [-0.39, 0.29) is 11.6 Å². The van der Waals surface area contributed by atoms with E-state index >= 15 is 0 Å². The number of rotatable bonds is 4. The summed E-state index contributed by atoms with van der Waals surface area (Å²) in [6.45, 7) is 1.94. The number of hydrogen-bond acceptors (Lipinski definition) is 1. The van der Waals surface area contributed by atoms with Crippen molar-refractivity contribution in [3.05, 3.63) is 59.7 Å². The fourth-order valence-electron chi connectivity index (χ4n) is 2.23. The molecule has 2 N–H and O–H groups in total. The lowest BCUT2D eigenvalue weighted by molar-refractivity contribution is -0.137. The van der Waals surface area contributed by atoms with E-state index in [4.69, 9.17) is 5.73 Å². The van der Waals surface area contributed by atoms with Crippen LogP contribution in [0.25, 0.3) is 11.1 Å². The van der Waals surface area contributed by atoms with Crippen molar-refractivity contribution in [3.8, 4) is 11.1 Å². The number of alkyl halides is 3. The highest BCUT2D eigenvalue weighted by atomic mass is 19.4. The topological polar surface area (TPSA) is 26.0 Å². The van der Waals surface area contributed by atoms with E-state index in [1.54, 1.807) is 18.2 Å². The van der Waals surface area contributed by atoms with Crippen LogP contribution in [0.3, 0.4) is 0 Å². The van der Waals surface area contributed by atoms with Gasteiger partial charge >= 0.3 is 6.18 Å². The van der Waals surface area contributed by atoms with Crippen LogP contribution in [0.4, 0.5) is 13.2 Å². The first-order valence-electron chi connectivity index (χ1n) is 6.89. The molecular weight excluding hydrogens is 275 g/mol. The molecule has 0 aliphatic heterocycles. The smallest absolute Gasteiger partial charge is 0.328 e. The molecule has 0 aromatic heterocycles. The Hall–Kier alpha value is -1.81. The van der Waals surface area contributed by atoms with Crippen LogP contribution in [0.15, 0.2) is 48.5 Å². The quantitative estimate of drug-likeness (QED) is 0.872. The summed E-state index contributed by atoms with van der Waals surface area (Å²) in [5, 5.41) is 0. The fraction of sp³-hybridized carbons (Fsp3) is 0.294. The average molecular weight is 293 g/mol. The van der Waals surface area contributed by atoms with E-state index in [1.165, 1.54) is 12.1 Å². The molecule has 0 spiro atoms. The van der Waals surface area contributed by atoms with E-state index < -0.39 is 11.7 Å². The van der Waals surface area contributed by atoms with Gasteiger partial charge in [-0.05, 0) is 42.5 Å². The number of halogens is 3. The molecule has 4 heteroatoms. The minimum Gasteiger partial charge on any atom is -0.328 e. The summed E-state index contributed by atoms with van der Waals surface area (Å²) in [5.74, 6) is 0. The largest absolute Gasteiger partial charge is 0.417 e. The first-order chi connectivity index (χ1) is 9.88. The van der Waals surface area contributed by atoms with Gasteiger partial charge < -0.3 is 5.73 Å². The lowest BCUT2D eigenvalue weighted by Crippen LogP contribution is -2.15. The van der Waals surface area contributed by atoms with E-state index in [2.05, 4.69) is 0 Å². The van der Waals surface area contributed by atoms with Crippen LogP contribution in [0, 0.1) is 0 Å². The zero-order valence-corrected chi connectivity index (χ0v) is 11.8. The molecule has 0 aliphatic rings. The zero-order valence-electron chi connectivity index (χ0n) is 11.8. The van der Waals surface area contributed by atoms with Gasteiger partial charge in [-0.1, -0.05) is 42.5 Å². The Morgan fingerprint density at radius 2 is 1.62 bits per heavy atom. The molecule has 112 valence electrons. The summed E-state index contributed by atoms with van der Waals surface area (Å²) in [5.41, 5.74) is 6.97. The molecule has 0 bridgehead atoms. The van der Waals surface area contributed by atoms with Gasteiger partial charge in [0.25, 0.3) is 0 Å². The second kappa shape index (κ2) is 6.31. The summed E-state index contributed by atoms with van der Waals surface area (Å²) >= 11 is 0. The maximum atomic E-state index is 13.0. The lowest BCUT2D eigenvalue weighted by Gasteiger charge is -2.13.